The summed E-state index contributed by atoms with van der Waals surface area (Å²) in [5, 5.41) is 64.6. The number of hydrogen-bond donors (Lipinski definition) is 11. The van der Waals surface area contributed by atoms with Gasteiger partial charge in [-0.05, 0) is 64.8 Å². The number of amides is 1. The minimum absolute atomic E-state index is 0.0979. The van der Waals surface area contributed by atoms with Crippen LogP contribution in [0.25, 0.3) is 11.1 Å². The van der Waals surface area contributed by atoms with Crippen LogP contribution in [-0.2, 0) is 33.8 Å². The van der Waals surface area contributed by atoms with E-state index in [1.54, 1.807) is 0 Å². The van der Waals surface area contributed by atoms with Crippen molar-refractivity contribution in [2.45, 2.75) is 44.4 Å². The van der Waals surface area contributed by atoms with Gasteiger partial charge in [-0.3, -0.25) is 10.2 Å². The Bertz CT molecular complexity index is 1900. The molecule has 4 aromatic rings. The molecule has 0 heterocycles. The number of nitrogens with two attached hydrogens (primary N) is 2. The van der Waals surface area contributed by atoms with Crippen LogP contribution in [0.15, 0.2) is 84.9 Å². The van der Waals surface area contributed by atoms with Crippen LogP contribution in [0.1, 0.15) is 45.5 Å². The average molecular weight is 732 g/mol. The van der Waals surface area contributed by atoms with Crippen molar-refractivity contribution in [2.75, 3.05) is 6.54 Å². The molecule has 0 bridgehead atoms. The van der Waals surface area contributed by atoms with Crippen molar-refractivity contribution >= 4 is 30.0 Å². The first-order valence-corrected chi connectivity index (χ1v) is 16.1. The molecule has 13 N–H and O–H groups in total. The fraction of sp³-hybridized carbons (Fsp3) is 0.216. The number of hydrogen-bond acceptors (Lipinski definition) is 10. The van der Waals surface area contributed by atoms with E-state index < -0.39 is 53.3 Å². The van der Waals surface area contributed by atoms with E-state index in [1.165, 1.54) is 11.1 Å². The topological polar surface area (TPSA) is 299 Å². The molecule has 0 aliphatic heterocycles. The van der Waals surface area contributed by atoms with Crippen molar-refractivity contribution in [3.63, 3.8) is 0 Å². The van der Waals surface area contributed by atoms with Crippen molar-refractivity contribution in [2.24, 2.45) is 11.5 Å². The summed E-state index contributed by atoms with van der Waals surface area (Å²) >= 11 is 0. The Morgan fingerprint density at radius 1 is 0.830 bits per heavy atom. The molecule has 4 aromatic carbocycles. The number of phenolic OH excluding ortho intramolecular Hbond substituents is 3. The van der Waals surface area contributed by atoms with Gasteiger partial charge in [0, 0.05) is 13.0 Å². The summed E-state index contributed by atoms with van der Waals surface area (Å²) in [4.78, 5) is 44.3. The van der Waals surface area contributed by atoms with Crippen molar-refractivity contribution in [3.8, 4) is 28.4 Å². The standard InChI is InChI=1S/C24H21NO4.C7H6O5.C6H14N4O2/c26-23(27)22(13-16-7-2-1-3-8-16)25-24(28)29-15-18-10-6-12-20-19-11-5-4-9-17(19)14-21(18)20;8-4-1-3(7(11)12)2-5(9)6(4)10;7-4(5(11)12)2-1-3-10-6(8)9/h1-12,22H,13-15H2,(H,25,28)(H,26,27);1-2,8-10H,(H,11,12);4H,1-3,7H2,(H,11,12)(H4,8,9,10). The third-order valence-electron chi connectivity index (χ3n) is 7.82. The SMILES string of the molecule is N=C(N)NCCCC(N)C(=O)O.O=C(NC(Cc1ccccc1)C(=O)O)OCc1cccc2c1Cc1ccccc1-2.O=C(O)c1cc(O)c(O)c(O)c1. The second-order valence-corrected chi connectivity index (χ2v) is 11.7. The van der Waals surface area contributed by atoms with E-state index in [2.05, 4.69) is 28.8 Å². The Morgan fingerprint density at radius 3 is 2.06 bits per heavy atom. The molecule has 16 heteroatoms. The number of benzene rings is 4. The number of alkyl carbamates (subject to hydrolysis) is 1. The number of rotatable bonds is 12. The molecule has 1 amide bonds. The normalized spacial score (nSPS) is 11.8. The molecule has 280 valence electrons. The Balaban J connectivity index is 0.000000260. The highest BCUT2D eigenvalue weighted by Crippen LogP contribution is 2.38. The lowest BCUT2D eigenvalue weighted by Gasteiger charge is -2.15. The summed E-state index contributed by atoms with van der Waals surface area (Å²) in [5.74, 6) is -5.54. The number of aromatic carboxylic acids is 1. The molecule has 2 unspecified atom stereocenters. The zero-order valence-corrected chi connectivity index (χ0v) is 28.4. The van der Waals surface area contributed by atoms with E-state index >= 15 is 0 Å². The van der Waals surface area contributed by atoms with E-state index in [9.17, 15) is 24.3 Å². The second-order valence-electron chi connectivity index (χ2n) is 11.7. The van der Waals surface area contributed by atoms with Gasteiger partial charge in [0.2, 0.25) is 0 Å². The molecule has 16 nitrogen and oxygen atoms in total. The summed E-state index contributed by atoms with van der Waals surface area (Å²) in [5.41, 5.74) is 16.5. The van der Waals surface area contributed by atoms with Crippen LogP contribution in [0.5, 0.6) is 17.2 Å². The quantitative estimate of drug-likeness (QED) is 0.0380. The highest BCUT2D eigenvalue weighted by Gasteiger charge is 2.23. The highest BCUT2D eigenvalue weighted by molar-refractivity contribution is 5.89. The number of carbonyl (C=O) groups excluding carboxylic acids is 1. The van der Waals surface area contributed by atoms with Gasteiger partial charge >= 0.3 is 24.0 Å². The van der Waals surface area contributed by atoms with E-state index in [4.69, 9.17) is 47.1 Å². The van der Waals surface area contributed by atoms with Crippen LogP contribution >= 0.6 is 0 Å². The monoisotopic (exact) mass is 731 g/mol. The molecule has 0 fully saturated rings. The van der Waals surface area contributed by atoms with Gasteiger partial charge in [0.05, 0.1) is 5.56 Å². The van der Waals surface area contributed by atoms with Crippen LogP contribution in [0.4, 0.5) is 4.79 Å². The number of aliphatic carboxylic acids is 2. The Kier molecular flexibility index (Phi) is 15.0. The lowest BCUT2D eigenvalue weighted by Crippen LogP contribution is -2.42. The molecule has 2 atom stereocenters. The van der Waals surface area contributed by atoms with Gasteiger partial charge in [-0.15, -0.1) is 0 Å². The molecule has 0 radical (unpaired) electrons. The maximum atomic E-state index is 12.2. The first kappa shape index (κ1) is 40.6. The number of fused-ring (bicyclic) bond motifs is 3. The third-order valence-corrected chi connectivity index (χ3v) is 7.82. The zero-order chi connectivity index (χ0) is 39.1. The lowest BCUT2D eigenvalue weighted by molar-refractivity contribution is -0.140. The van der Waals surface area contributed by atoms with E-state index in [0.29, 0.717) is 19.4 Å². The smallest absolute Gasteiger partial charge is 0.408 e. The van der Waals surface area contributed by atoms with Crippen LogP contribution in [0.2, 0.25) is 0 Å². The summed E-state index contributed by atoms with van der Waals surface area (Å²) < 4.78 is 5.36. The molecule has 0 saturated carbocycles. The summed E-state index contributed by atoms with van der Waals surface area (Å²) in [6.07, 6.45) is 1.24. The van der Waals surface area contributed by atoms with E-state index in [0.717, 1.165) is 40.8 Å². The number of phenols is 3. The summed E-state index contributed by atoms with van der Waals surface area (Å²) in [6.45, 7) is 0.580. The molecular formula is C37H41N5O11. The molecule has 0 saturated heterocycles. The minimum Gasteiger partial charge on any atom is -0.504 e. The van der Waals surface area contributed by atoms with Crippen molar-refractivity contribution in [1.29, 1.82) is 5.41 Å². The largest absolute Gasteiger partial charge is 0.504 e. The van der Waals surface area contributed by atoms with Crippen molar-refractivity contribution in [3.05, 3.63) is 113 Å². The van der Waals surface area contributed by atoms with Crippen molar-refractivity contribution in [1.82, 2.24) is 10.6 Å². The first-order valence-electron chi connectivity index (χ1n) is 16.1. The average Bonchev–Trinajstić information content (AvgIpc) is 3.51. The molecule has 0 spiro atoms. The number of carbonyl (C=O) groups is 4. The van der Waals surface area contributed by atoms with Gasteiger partial charge < -0.3 is 57.5 Å². The fourth-order valence-corrected chi connectivity index (χ4v) is 5.13. The highest BCUT2D eigenvalue weighted by atomic mass is 16.5. The molecule has 1 aliphatic carbocycles. The minimum atomic E-state index is -1.29. The summed E-state index contributed by atoms with van der Waals surface area (Å²) in [6, 6.07) is 23.2. The van der Waals surface area contributed by atoms with Gasteiger partial charge in [-0.1, -0.05) is 72.8 Å². The molecule has 1 aliphatic rings. The molecule has 0 aromatic heterocycles. The Morgan fingerprint density at radius 2 is 1.45 bits per heavy atom. The van der Waals surface area contributed by atoms with Gasteiger partial charge in [-0.2, -0.15) is 0 Å². The fourth-order valence-electron chi connectivity index (χ4n) is 5.13. The second kappa shape index (κ2) is 19.5. The Labute approximate surface area is 303 Å². The number of carboxylic acids is 3. The third kappa shape index (κ3) is 12.5. The predicted molar refractivity (Wildman–Crippen MR) is 193 cm³/mol. The zero-order valence-electron chi connectivity index (χ0n) is 28.4. The molecule has 5 rings (SSSR count). The number of nitrogens with one attached hydrogen (secondary N) is 3. The van der Waals surface area contributed by atoms with Crippen LogP contribution in [0.3, 0.4) is 0 Å². The molecular weight excluding hydrogens is 690 g/mol. The maximum Gasteiger partial charge on any atom is 0.408 e. The van der Waals surface area contributed by atoms with Crippen LogP contribution in [0, 0.1) is 5.41 Å². The predicted octanol–water partition coefficient (Wildman–Crippen LogP) is 3.34. The lowest BCUT2D eigenvalue weighted by atomic mass is 10.0. The van der Waals surface area contributed by atoms with Gasteiger partial charge in [0.15, 0.2) is 23.2 Å². The summed E-state index contributed by atoms with van der Waals surface area (Å²) in [7, 11) is 0. The first-order chi connectivity index (χ1) is 25.2. The van der Waals surface area contributed by atoms with E-state index in [-0.39, 0.29) is 24.6 Å². The van der Waals surface area contributed by atoms with Gasteiger partial charge in [0.25, 0.3) is 0 Å². The number of ether oxygens (including phenoxy) is 1. The van der Waals surface area contributed by atoms with E-state index in [1.807, 2.05) is 54.6 Å². The number of aromatic hydroxyl groups is 3. The number of guanidine groups is 1. The molecule has 53 heavy (non-hydrogen) atoms. The number of carboxylic acid groups (broad SMARTS) is 3. The Hall–Kier alpha value is -6.81. The van der Waals surface area contributed by atoms with Crippen LogP contribution < -0.4 is 22.1 Å². The van der Waals surface area contributed by atoms with Gasteiger partial charge in [0.1, 0.15) is 18.7 Å². The van der Waals surface area contributed by atoms with Crippen molar-refractivity contribution < 1.29 is 54.6 Å². The van der Waals surface area contributed by atoms with Crippen LogP contribution in [-0.4, -0.2) is 79.2 Å². The van der Waals surface area contributed by atoms with Gasteiger partial charge in [-0.25, -0.2) is 14.4 Å². The maximum absolute atomic E-state index is 12.2.